The zero-order chi connectivity index (χ0) is 12.3. The molecule has 6 heteroatoms. The van der Waals surface area contributed by atoms with Gasteiger partial charge in [-0.25, -0.2) is 0 Å². The van der Waals surface area contributed by atoms with Gasteiger partial charge in [0.1, 0.15) is 0 Å². The van der Waals surface area contributed by atoms with Crippen LogP contribution in [0.25, 0.3) is 0 Å². The summed E-state index contributed by atoms with van der Waals surface area (Å²) in [6.07, 6.45) is 1.58. The molecular formula is C11H22LiNaO4. The second kappa shape index (κ2) is 8.61. The van der Waals surface area contributed by atoms with Crippen molar-refractivity contribution in [1.82, 2.24) is 0 Å². The maximum atomic E-state index is 11.2. The summed E-state index contributed by atoms with van der Waals surface area (Å²) < 4.78 is 0. The number of carbonyl (C=O) groups is 2. The molecule has 0 amide bonds. The second-order valence-electron chi connectivity index (χ2n) is 4.87. The van der Waals surface area contributed by atoms with Gasteiger partial charge in [-0.15, -0.1) is 0 Å². The van der Waals surface area contributed by atoms with Gasteiger partial charge < -0.3 is 10.2 Å². The van der Waals surface area contributed by atoms with E-state index in [0.717, 1.165) is 6.42 Å². The van der Waals surface area contributed by atoms with Crippen molar-refractivity contribution in [1.29, 1.82) is 0 Å². The summed E-state index contributed by atoms with van der Waals surface area (Å²) in [7, 11) is 0. The summed E-state index contributed by atoms with van der Waals surface area (Å²) >= 11 is 0. The number of rotatable bonds is 5. The molecule has 0 saturated heterocycles. The molecule has 0 aromatic heterocycles. The molecular weight excluding hydrogens is 226 g/mol. The van der Waals surface area contributed by atoms with E-state index in [1.54, 1.807) is 20.8 Å². The number of hydrogen-bond donors (Lipinski definition) is 2. The fourth-order valence-corrected chi connectivity index (χ4v) is 1.76. The Morgan fingerprint density at radius 3 is 1.59 bits per heavy atom. The first kappa shape index (κ1) is 22.7. The zero-order valence-electron chi connectivity index (χ0n) is 9.83. The average Bonchev–Trinajstić information content (AvgIpc) is 2.01. The van der Waals surface area contributed by atoms with Gasteiger partial charge in [0.05, 0.1) is 0 Å². The molecule has 92 valence electrons. The molecule has 0 heterocycles. The monoisotopic (exact) mass is 248 g/mol. The minimum atomic E-state index is -1.68. The molecule has 0 fully saturated rings. The first-order valence-corrected chi connectivity index (χ1v) is 5.17. The Labute approximate surface area is 137 Å². The minimum absolute atomic E-state index is 0. The Morgan fingerprint density at radius 2 is 1.41 bits per heavy atom. The normalized spacial score (nSPS) is 11.1. The van der Waals surface area contributed by atoms with Crippen molar-refractivity contribution in [3.63, 3.8) is 0 Å². The number of carboxylic acids is 2. The van der Waals surface area contributed by atoms with Gasteiger partial charge in [0.25, 0.3) is 0 Å². The van der Waals surface area contributed by atoms with Crippen LogP contribution in [0.2, 0.25) is 0 Å². The number of unbranched alkanes of at least 4 members (excludes halogenated alkanes) is 1. The molecule has 0 aliphatic heterocycles. The van der Waals surface area contributed by atoms with Gasteiger partial charge in [-0.2, -0.15) is 0 Å². The van der Waals surface area contributed by atoms with E-state index in [-0.39, 0.29) is 54.8 Å². The average molecular weight is 248 g/mol. The van der Waals surface area contributed by atoms with Gasteiger partial charge in [0.2, 0.25) is 0 Å². The predicted molar refractivity (Wildman–Crippen MR) is 71.0 cm³/mol. The molecule has 0 spiro atoms. The molecule has 0 saturated carbocycles. The molecule has 0 atom stereocenters. The van der Waals surface area contributed by atoms with Gasteiger partial charge in [-0.05, 0) is 11.8 Å². The van der Waals surface area contributed by atoms with Gasteiger partial charge in [0.15, 0.2) is 5.41 Å². The van der Waals surface area contributed by atoms with Crippen LogP contribution in [0.3, 0.4) is 0 Å². The van der Waals surface area contributed by atoms with Crippen molar-refractivity contribution in [2.75, 3.05) is 0 Å². The molecule has 0 aromatic rings. The number of carboxylic acid groups (broad SMARTS) is 2. The molecule has 2 N–H and O–H groups in total. The number of hydrogen-bond acceptors (Lipinski definition) is 2. The molecule has 4 nitrogen and oxygen atoms in total. The van der Waals surface area contributed by atoms with Crippen molar-refractivity contribution in [2.24, 2.45) is 10.8 Å². The Morgan fingerprint density at radius 1 is 1.06 bits per heavy atom. The van der Waals surface area contributed by atoms with E-state index >= 15 is 0 Å². The molecule has 0 unspecified atom stereocenters. The van der Waals surface area contributed by atoms with Gasteiger partial charge >= 0.3 is 60.4 Å². The molecule has 0 aromatic carbocycles. The van der Waals surface area contributed by atoms with Crippen molar-refractivity contribution < 1.29 is 19.8 Å². The van der Waals surface area contributed by atoms with Crippen molar-refractivity contribution in [3.05, 3.63) is 0 Å². The van der Waals surface area contributed by atoms with Crippen molar-refractivity contribution >= 4 is 60.4 Å². The third-order valence-corrected chi connectivity index (χ3v) is 2.92. The summed E-state index contributed by atoms with van der Waals surface area (Å²) in [4.78, 5) is 22.5. The fraction of sp³-hybridized carbons (Fsp3) is 0.818. The van der Waals surface area contributed by atoms with Crippen LogP contribution in [0.15, 0.2) is 0 Å². The van der Waals surface area contributed by atoms with Gasteiger partial charge in [-0.3, -0.25) is 9.59 Å². The third-order valence-electron chi connectivity index (χ3n) is 2.92. The van der Waals surface area contributed by atoms with Gasteiger partial charge in [-0.1, -0.05) is 40.5 Å². The van der Waals surface area contributed by atoms with E-state index in [1.165, 1.54) is 0 Å². The molecule has 17 heavy (non-hydrogen) atoms. The van der Waals surface area contributed by atoms with Crippen LogP contribution in [-0.2, 0) is 9.59 Å². The molecule has 0 rings (SSSR count). The van der Waals surface area contributed by atoms with E-state index in [1.807, 2.05) is 6.92 Å². The summed E-state index contributed by atoms with van der Waals surface area (Å²) in [5.74, 6) is -2.48. The summed E-state index contributed by atoms with van der Waals surface area (Å²) in [5, 5.41) is 18.4. The van der Waals surface area contributed by atoms with Crippen LogP contribution < -0.4 is 0 Å². The first-order valence-electron chi connectivity index (χ1n) is 5.17. The molecule has 0 aliphatic carbocycles. The first-order chi connectivity index (χ1) is 6.70. The Kier molecular flexibility index (Phi) is 11.5. The summed E-state index contributed by atoms with van der Waals surface area (Å²) in [6.45, 7) is 6.89. The summed E-state index contributed by atoms with van der Waals surface area (Å²) in [6, 6.07) is 0. The molecule has 0 aliphatic rings. The Bertz CT molecular complexity index is 247. The van der Waals surface area contributed by atoms with Crippen LogP contribution >= 0.6 is 0 Å². The summed E-state index contributed by atoms with van der Waals surface area (Å²) in [5.41, 5.74) is -2.47. The molecule has 0 bridgehead atoms. The van der Waals surface area contributed by atoms with Crippen LogP contribution in [0.5, 0.6) is 0 Å². The van der Waals surface area contributed by atoms with Crippen LogP contribution in [0.1, 0.15) is 47.0 Å². The van der Waals surface area contributed by atoms with Crippen molar-refractivity contribution in [2.45, 2.75) is 47.0 Å². The second-order valence-corrected chi connectivity index (χ2v) is 4.87. The predicted octanol–water partition coefficient (Wildman–Crippen LogP) is 1.08. The topological polar surface area (TPSA) is 74.6 Å². The third kappa shape index (κ3) is 4.96. The van der Waals surface area contributed by atoms with Crippen LogP contribution in [0, 0.1) is 10.8 Å². The zero-order valence-corrected chi connectivity index (χ0v) is 9.83. The standard InChI is InChI=1S/C11H20O4.Li.Na.2H/c1-5-6-7-11(8(12)13,9(14)15)10(2,3)4;;;;/h5-7H2,1-4H3,(H,12,13)(H,14,15);;;;. The maximum absolute atomic E-state index is 11.2. The van der Waals surface area contributed by atoms with E-state index in [2.05, 4.69) is 0 Å². The van der Waals surface area contributed by atoms with Crippen molar-refractivity contribution in [3.8, 4) is 0 Å². The SMILES string of the molecule is CCCCC(C(=O)O)(C(=O)O)C(C)(C)C.[LiH].[NaH]. The quantitative estimate of drug-likeness (QED) is 0.564. The van der Waals surface area contributed by atoms with E-state index < -0.39 is 22.8 Å². The molecule has 0 radical (unpaired) electrons. The number of aliphatic carboxylic acids is 2. The van der Waals surface area contributed by atoms with E-state index in [4.69, 9.17) is 0 Å². The fourth-order valence-electron chi connectivity index (χ4n) is 1.76. The Hall–Kier alpha value is 0.537. The van der Waals surface area contributed by atoms with Crippen LogP contribution in [-0.4, -0.2) is 70.6 Å². The van der Waals surface area contributed by atoms with Gasteiger partial charge in [0, 0.05) is 0 Å². The Balaban J connectivity index is -0.000000980. The van der Waals surface area contributed by atoms with Crippen LogP contribution in [0.4, 0.5) is 0 Å². The van der Waals surface area contributed by atoms with E-state index in [0.29, 0.717) is 6.42 Å². The van der Waals surface area contributed by atoms with E-state index in [9.17, 15) is 19.8 Å².